The molecule has 0 aliphatic heterocycles. The van der Waals surface area contributed by atoms with Gasteiger partial charge in [0, 0.05) is 9.13 Å². The summed E-state index contributed by atoms with van der Waals surface area (Å²) < 4.78 is 28.6. The maximum Gasteiger partial charge on any atom is 0.264 e. The van der Waals surface area contributed by atoms with Gasteiger partial charge < -0.3 is 5.11 Å². The van der Waals surface area contributed by atoms with Crippen LogP contribution in [0.2, 0.25) is 0 Å². The summed E-state index contributed by atoms with van der Waals surface area (Å²) in [6.07, 6.45) is 1.34. The van der Waals surface area contributed by atoms with E-state index in [-0.39, 0.29) is 10.6 Å². The number of amides is 1. The topological polar surface area (TPSA) is 99.1 Å². The van der Waals surface area contributed by atoms with Gasteiger partial charge in [-0.3, -0.25) is 9.10 Å². The number of halogens is 1. The molecule has 0 spiro atoms. The van der Waals surface area contributed by atoms with Gasteiger partial charge >= 0.3 is 0 Å². The highest BCUT2D eigenvalue weighted by atomic mass is 127. The van der Waals surface area contributed by atoms with E-state index in [0.29, 0.717) is 11.3 Å². The number of hydrogen-bond donors (Lipinski definition) is 2. The van der Waals surface area contributed by atoms with Crippen LogP contribution in [0.5, 0.6) is 5.75 Å². The second-order valence-electron chi connectivity index (χ2n) is 7.31. The number of carbonyl (C=O) groups is 1. The van der Waals surface area contributed by atoms with Gasteiger partial charge in [0.1, 0.15) is 12.3 Å². The van der Waals surface area contributed by atoms with Crippen LogP contribution in [0.3, 0.4) is 0 Å². The first-order valence-corrected chi connectivity index (χ1v) is 12.7. The van der Waals surface area contributed by atoms with Crippen molar-refractivity contribution in [2.45, 2.75) is 4.90 Å². The van der Waals surface area contributed by atoms with Gasteiger partial charge in [-0.25, -0.2) is 13.8 Å². The molecule has 0 aliphatic rings. The van der Waals surface area contributed by atoms with Crippen molar-refractivity contribution in [1.82, 2.24) is 5.43 Å². The smallest absolute Gasteiger partial charge is 0.264 e. The van der Waals surface area contributed by atoms with E-state index in [1.165, 1.54) is 18.3 Å². The summed E-state index contributed by atoms with van der Waals surface area (Å²) in [5.74, 6) is -0.613. The molecule has 0 radical (unpaired) electrons. The Balaban J connectivity index is 1.58. The summed E-state index contributed by atoms with van der Waals surface area (Å²) in [6, 6.07) is 25.6. The molecule has 0 heterocycles. The predicted molar refractivity (Wildman–Crippen MR) is 141 cm³/mol. The Hall–Kier alpha value is -3.44. The van der Waals surface area contributed by atoms with Crippen molar-refractivity contribution in [3.63, 3.8) is 0 Å². The number of hydrazone groups is 1. The van der Waals surface area contributed by atoms with E-state index in [1.54, 1.807) is 54.6 Å². The molecule has 0 unspecified atom stereocenters. The van der Waals surface area contributed by atoms with Crippen LogP contribution in [0.15, 0.2) is 101 Å². The summed E-state index contributed by atoms with van der Waals surface area (Å²) in [7, 11) is -4.00. The number of fused-ring (bicyclic) bond motifs is 1. The van der Waals surface area contributed by atoms with Gasteiger partial charge in [-0.2, -0.15) is 5.10 Å². The van der Waals surface area contributed by atoms with Crippen molar-refractivity contribution in [1.29, 1.82) is 0 Å². The third-order valence-electron chi connectivity index (χ3n) is 5.06. The quantitative estimate of drug-likeness (QED) is 0.190. The van der Waals surface area contributed by atoms with Crippen molar-refractivity contribution >= 4 is 61.2 Å². The van der Waals surface area contributed by atoms with Gasteiger partial charge in [-0.05, 0) is 75.8 Å². The van der Waals surface area contributed by atoms with Gasteiger partial charge in [0.05, 0.1) is 16.8 Å². The average Bonchev–Trinajstić information content (AvgIpc) is 2.85. The van der Waals surface area contributed by atoms with Crippen LogP contribution >= 0.6 is 22.6 Å². The zero-order chi connectivity index (χ0) is 24.1. The maximum atomic E-state index is 13.3. The van der Waals surface area contributed by atoms with Gasteiger partial charge in [0.2, 0.25) is 0 Å². The Labute approximate surface area is 210 Å². The number of phenolic OH excluding ortho intramolecular Hbond substituents is 1. The van der Waals surface area contributed by atoms with Gasteiger partial charge in [-0.15, -0.1) is 0 Å². The van der Waals surface area contributed by atoms with E-state index in [2.05, 4.69) is 33.1 Å². The highest BCUT2D eigenvalue weighted by Crippen LogP contribution is 2.26. The van der Waals surface area contributed by atoms with Crippen molar-refractivity contribution < 1.29 is 18.3 Å². The number of benzene rings is 4. The molecule has 0 saturated heterocycles. The van der Waals surface area contributed by atoms with E-state index in [0.717, 1.165) is 18.6 Å². The standard InChI is InChI=1S/C25H20IN3O4S/c26-19-11-13-20(14-12-19)29(34(32,33)21-7-2-1-3-8-21)17-25(31)28-27-16-23-22-9-5-4-6-18(22)10-15-24(23)30/h1-16,30H,17H2,(H,28,31)/b27-16-. The van der Waals surface area contributed by atoms with Crippen LogP contribution in [0.25, 0.3) is 10.8 Å². The highest BCUT2D eigenvalue weighted by molar-refractivity contribution is 14.1. The van der Waals surface area contributed by atoms with E-state index in [4.69, 9.17) is 0 Å². The number of nitrogens with one attached hydrogen (secondary N) is 1. The first-order chi connectivity index (χ1) is 16.4. The SMILES string of the molecule is O=C(CN(c1ccc(I)cc1)S(=O)(=O)c1ccccc1)N/N=C\c1c(O)ccc2ccccc12. The van der Waals surface area contributed by atoms with Gasteiger partial charge in [0.25, 0.3) is 15.9 Å². The number of nitrogens with zero attached hydrogens (tertiary/aromatic N) is 2. The molecule has 0 bridgehead atoms. The van der Waals surface area contributed by atoms with Gasteiger partial charge in [0.15, 0.2) is 0 Å². The number of rotatable bonds is 7. The molecule has 2 N–H and O–H groups in total. The molecule has 34 heavy (non-hydrogen) atoms. The summed E-state index contributed by atoms with van der Waals surface area (Å²) in [5.41, 5.74) is 3.18. The fourth-order valence-electron chi connectivity index (χ4n) is 3.40. The molecule has 4 rings (SSSR count). The zero-order valence-electron chi connectivity index (χ0n) is 17.8. The molecule has 0 aromatic heterocycles. The maximum absolute atomic E-state index is 13.3. The lowest BCUT2D eigenvalue weighted by Crippen LogP contribution is -2.39. The second kappa shape index (κ2) is 10.2. The molecular weight excluding hydrogens is 565 g/mol. The summed E-state index contributed by atoms with van der Waals surface area (Å²) in [5, 5.41) is 15.9. The summed E-state index contributed by atoms with van der Waals surface area (Å²) >= 11 is 2.12. The monoisotopic (exact) mass is 585 g/mol. The molecule has 4 aromatic rings. The van der Waals surface area contributed by atoms with E-state index >= 15 is 0 Å². The Kier molecular flexibility index (Phi) is 7.13. The van der Waals surface area contributed by atoms with E-state index < -0.39 is 22.5 Å². The number of anilines is 1. The lowest BCUT2D eigenvalue weighted by atomic mass is 10.0. The predicted octanol–water partition coefficient (Wildman–Crippen LogP) is 4.50. The average molecular weight is 585 g/mol. The van der Waals surface area contributed by atoms with Crippen LogP contribution in [0, 0.1) is 3.57 Å². The highest BCUT2D eigenvalue weighted by Gasteiger charge is 2.27. The molecule has 9 heteroatoms. The minimum atomic E-state index is -4.00. The normalized spacial score (nSPS) is 11.6. The van der Waals surface area contributed by atoms with Crippen LogP contribution in [-0.4, -0.2) is 32.2 Å². The Morgan fingerprint density at radius 2 is 1.62 bits per heavy atom. The molecule has 0 saturated carbocycles. The van der Waals surface area contributed by atoms with Crippen molar-refractivity contribution in [3.05, 3.63) is 100 Å². The molecule has 0 fully saturated rings. The molecular formula is C25H20IN3O4S. The first-order valence-electron chi connectivity index (χ1n) is 10.2. The van der Waals surface area contributed by atoms with Crippen LogP contribution in [0.1, 0.15) is 5.56 Å². The van der Waals surface area contributed by atoms with E-state index in [1.807, 2.05) is 24.3 Å². The van der Waals surface area contributed by atoms with Crippen LogP contribution in [0.4, 0.5) is 5.69 Å². The zero-order valence-corrected chi connectivity index (χ0v) is 20.8. The van der Waals surface area contributed by atoms with Crippen molar-refractivity contribution in [2.75, 3.05) is 10.8 Å². The fraction of sp³-hybridized carbons (Fsp3) is 0.0400. The lowest BCUT2D eigenvalue weighted by molar-refractivity contribution is -0.119. The summed E-state index contributed by atoms with van der Waals surface area (Å²) in [6.45, 7) is -0.476. The number of aromatic hydroxyl groups is 1. The third-order valence-corrected chi connectivity index (χ3v) is 7.57. The minimum Gasteiger partial charge on any atom is -0.507 e. The molecule has 172 valence electrons. The number of phenols is 1. The van der Waals surface area contributed by atoms with Crippen LogP contribution in [-0.2, 0) is 14.8 Å². The first kappa shape index (κ1) is 23.7. The van der Waals surface area contributed by atoms with Crippen molar-refractivity contribution in [2.24, 2.45) is 5.10 Å². The van der Waals surface area contributed by atoms with E-state index in [9.17, 15) is 18.3 Å². The fourth-order valence-corrected chi connectivity index (χ4v) is 5.20. The third kappa shape index (κ3) is 5.20. The van der Waals surface area contributed by atoms with Gasteiger partial charge in [-0.1, -0.05) is 48.5 Å². The molecule has 1 amide bonds. The molecule has 0 atom stereocenters. The lowest BCUT2D eigenvalue weighted by Gasteiger charge is -2.23. The number of sulfonamides is 1. The Bertz CT molecular complexity index is 1460. The van der Waals surface area contributed by atoms with Crippen molar-refractivity contribution in [3.8, 4) is 5.75 Å². The van der Waals surface area contributed by atoms with Crippen LogP contribution < -0.4 is 9.73 Å². The number of hydrogen-bond acceptors (Lipinski definition) is 5. The summed E-state index contributed by atoms with van der Waals surface area (Å²) in [4.78, 5) is 12.8. The molecule has 7 nitrogen and oxygen atoms in total. The largest absolute Gasteiger partial charge is 0.507 e. The Morgan fingerprint density at radius 1 is 0.941 bits per heavy atom. The molecule has 0 aliphatic carbocycles. The minimum absolute atomic E-state index is 0.0175. The Morgan fingerprint density at radius 3 is 2.35 bits per heavy atom. The molecule has 4 aromatic carbocycles. The second-order valence-corrected chi connectivity index (χ2v) is 10.4. The number of carbonyl (C=O) groups excluding carboxylic acids is 1.